The van der Waals surface area contributed by atoms with E-state index in [1.54, 1.807) is 0 Å². The lowest BCUT2D eigenvalue weighted by Gasteiger charge is -2.06. The van der Waals surface area contributed by atoms with Crippen LogP contribution in [0.4, 0.5) is 5.69 Å². The molecule has 2 aromatic carbocycles. The Hall–Kier alpha value is -1.90. The van der Waals surface area contributed by atoms with Gasteiger partial charge in [0.15, 0.2) is 0 Å². The number of anilines is 1. The summed E-state index contributed by atoms with van der Waals surface area (Å²) in [6.45, 7) is 0. The minimum absolute atomic E-state index is 0.165. The van der Waals surface area contributed by atoms with Gasteiger partial charge in [-0.05, 0) is 24.8 Å². The molecule has 2 aromatic rings. The zero-order valence-electron chi connectivity index (χ0n) is 8.90. The Kier molecular flexibility index (Phi) is 2.86. The molecule has 0 aromatic heterocycles. The molecular weight excluding hydrogens is 202 g/mol. The molecule has 0 unspecified atom stereocenters. The molecule has 2 rings (SSSR count). The van der Waals surface area contributed by atoms with E-state index in [1.165, 1.54) is 5.56 Å². The second-order valence-electron chi connectivity index (χ2n) is 3.89. The molecule has 3 nitrogen and oxygen atoms in total. The highest BCUT2D eigenvalue weighted by molar-refractivity contribution is 5.52. The maximum atomic E-state index is 11.1. The first-order chi connectivity index (χ1) is 7.70. The second-order valence-corrected chi connectivity index (χ2v) is 3.89. The summed E-state index contributed by atoms with van der Waals surface area (Å²) < 4.78 is 0. The van der Waals surface area contributed by atoms with Crippen molar-refractivity contribution in [3.05, 3.63) is 61.9 Å². The highest BCUT2D eigenvalue weighted by atomic mass is 16.2. The van der Waals surface area contributed by atoms with Crippen molar-refractivity contribution in [2.24, 2.45) is 0 Å². The zero-order chi connectivity index (χ0) is 11.5. The van der Waals surface area contributed by atoms with E-state index in [-0.39, 0.29) is 5.69 Å². The van der Waals surface area contributed by atoms with Crippen molar-refractivity contribution < 1.29 is 0 Å². The topological polar surface area (TPSA) is 60.2 Å². The molecule has 3 heteroatoms. The highest BCUT2D eigenvalue weighted by Crippen LogP contribution is 2.09. The summed E-state index contributed by atoms with van der Waals surface area (Å²) in [4.78, 5) is 22.0. The molecule has 0 amide bonds. The fraction of sp³-hybridized carbons (Fsp3) is 0.231. The molecule has 16 heavy (non-hydrogen) atoms. The normalized spacial score (nSPS) is 10.8. The van der Waals surface area contributed by atoms with Crippen molar-refractivity contribution in [1.82, 2.24) is 0 Å². The van der Waals surface area contributed by atoms with Gasteiger partial charge in [-0.1, -0.05) is 30.3 Å². The van der Waals surface area contributed by atoms with E-state index in [0.717, 1.165) is 12.8 Å². The van der Waals surface area contributed by atoms with E-state index >= 15 is 0 Å². The molecule has 0 aliphatic rings. The molecule has 0 radical (unpaired) electrons. The summed E-state index contributed by atoms with van der Waals surface area (Å²) in [7, 11) is 0. The van der Waals surface area contributed by atoms with Crippen LogP contribution in [0.25, 0.3) is 0 Å². The third kappa shape index (κ3) is 1.89. The van der Waals surface area contributed by atoms with E-state index in [4.69, 9.17) is 5.73 Å². The van der Waals surface area contributed by atoms with Gasteiger partial charge in [-0.15, -0.1) is 0 Å². The summed E-state index contributed by atoms with van der Waals surface area (Å²) in [5.74, 6) is 0. The third-order valence-electron chi connectivity index (χ3n) is 2.79. The maximum absolute atomic E-state index is 11.1. The lowest BCUT2D eigenvalue weighted by molar-refractivity contribution is 0.811. The summed E-state index contributed by atoms with van der Waals surface area (Å²) in [5, 5.41) is 0. The van der Waals surface area contributed by atoms with Crippen molar-refractivity contribution in [2.75, 3.05) is 5.73 Å². The minimum Gasteiger partial charge on any atom is -0.395 e. The van der Waals surface area contributed by atoms with E-state index in [2.05, 4.69) is 0 Å². The first kappa shape index (κ1) is 10.6. The number of aryl methyl sites for hydroxylation is 1. The lowest BCUT2D eigenvalue weighted by atomic mass is 9.99. The van der Waals surface area contributed by atoms with E-state index < -0.39 is 10.9 Å². The molecule has 0 atom stereocenters. The smallest absolute Gasteiger partial charge is 0.249 e. The van der Waals surface area contributed by atoms with Crippen LogP contribution in [0, 0.1) is 0 Å². The fourth-order valence-electron chi connectivity index (χ4n) is 1.82. The van der Waals surface area contributed by atoms with Gasteiger partial charge in [-0.25, -0.2) is 0 Å². The SMILES string of the molecule is Nc1c(CCCc2ccccc2)c(=O)c1=O. The molecule has 82 valence electrons. The van der Waals surface area contributed by atoms with Gasteiger partial charge in [0, 0.05) is 5.56 Å². The summed E-state index contributed by atoms with van der Waals surface area (Å²) >= 11 is 0. The highest BCUT2D eigenvalue weighted by Gasteiger charge is 2.16. The standard InChI is InChI=1S/C13H13NO2/c14-11-10(12(15)13(11)16)8-4-7-9-5-2-1-3-6-9/h1-3,5-6H,4,7-8,14H2. The number of nitrogens with two attached hydrogens (primary N) is 1. The van der Waals surface area contributed by atoms with Crippen LogP contribution in [-0.2, 0) is 12.8 Å². The minimum atomic E-state index is -0.519. The first-order valence-electron chi connectivity index (χ1n) is 5.31. The second kappa shape index (κ2) is 4.31. The third-order valence-corrected chi connectivity index (χ3v) is 2.79. The van der Waals surface area contributed by atoms with Gasteiger partial charge in [-0.3, -0.25) is 9.59 Å². The molecule has 0 saturated carbocycles. The predicted molar refractivity (Wildman–Crippen MR) is 64.2 cm³/mol. The molecule has 0 fully saturated rings. The molecule has 0 heterocycles. The Labute approximate surface area is 93.2 Å². The van der Waals surface area contributed by atoms with Gasteiger partial charge >= 0.3 is 0 Å². The fourth-order valence-corrected chi connectivity index (χ4v) is 1.82. The van der Waals surface area contributed by atoms with Gasteiger partial charge < -0.3 is 5.73 Å². The molecule has 0 aliphatic carbocycles. The molecule has 0 aliphatic heterocycles. The Balaban J connectivity index is 1.91. The Morgan fingerprint density at radius 3 is 2.25 bits per heavy atom. The average Bonchev–Trinajstić information content (AvgIpc) is 2.34. The Morgan fingerprint density at radius 1 is 0.938 bits per heavy atom. The number of rotatable bonds is 4. The molecule has 2 N–H and O–H groups in total. The van der Waals surface area contributed by atoms with E-state index in [9.17, 15) is 9.59 Å². The number of benzene rings is 1. The maximum Gasteiger partial charge on any atom is 0.249 e. The molecule has 0 saturated heterocycles. The van der Waals surface area contributed by atoms with Crippen LogP contribution in [0.2, 0.25) is 0 Å². The number of hydrogen-bond acceptors (Lipinski definition) is 3. The van der Waals surface area contributed by atoms with Crippen LogP contribution in [0.1, 0.15) is 17.5 Å². The van der Waals surface area contributed by atoms with E-state index in [0.29, 0.717) is 12.0 Å². The van der Waals surface area contributed by atoms with Crippen molar-refractivity contribution >= 4 is 5.69 Å². The zero-order valence-corrected chi connectivity index (χ0v) is 8.90. The van der Waals surface area contributed by atoms with Crippen molar-refractivity contribution in [1.29, 1.82) is 0 Å². The Bertz CT molecular complexity index is 551. The monoisotopic (exact) mass is 215 g/mol. The number of nitrogen functional groups attached to an aromatic ring is 1. The van der Waals surface area contributed by atoms with Crippen LogP contribution in [-0.4, -0.2) is 0 Å². The van der Waals surface area contributed by atoms with Crippen LogP contribution in [0.15, 0.2) is 39.9 Å². The van der Waals surface area contributed by atoms with E-state index in [1.807, 2.05) is 30.3 Å². The van der Waals surface area contributed by atoms with Gasteiger partial charge in [-0.2, -0.15) is 0 Å². The van der Waals surface area contributed by atoms with Gasteiger partial charge in [0.2, 0.25) is 10.9 Å². The Morgan fingerprint density at radius 2 is 1.62 bits per heavy atom. The first-order valence-corrected chi connectivity index (χ1v) is 5.31. The van der Waals surface area contributed by atoms with Crippen LogP contribution in [0.3, 0.4) is 0 Å². The largest absolute Gasteiger partial charge is 0.395 e. The predicted octanol–water partition coefficient (Wildman–Crippen LogP) is 1.04. The average molecular weight is 215 g/mol. The van der Waals surface area contributed by atoms with Crippen molar-refractivity contribution in [3.63, 3.8) is 0 Å². The molecule has 0 spiro atoms. The number of hydrogen-bond donors (Lipinski definition) is 1. The lowest BCUT2D eigenvalue weighted by Crippen LogP contribution is -2.38. The quantitative estimate of drug-likeness (QED) is 0.775. The van der Waals surface area contributed by atoms with Crippen molar-refractivity contribution in [2.45, 2.75) is 19.3 Å². The molecule has 0 bridgehead atoms. The summed E-state index contributed by atoms with van der Waals surface area (Å²) in [6, 6.07) is 10.0. The summed E-state index contributed by atoms with van der Waals surface area (Å²) in [5.41, 5.74) is 6.44. The van der Waals surface area contributed by atoms with Gasteiger partial charge in [0.05, 0.1) is 5.69 Å². The summed E-state index contributed by atoms with van der Waals surface area (Å²) in [6.07, 6.45) is 2.35. The van der Waals surface area contributed by atoms with Gasteiger partial charge in [0.25, 0.3) is 0 Å². The van der Waals surface area contributed by atoms with Crippen LogP contribution in [0.5, 0.6) is 0 Å². The van der Waals surface area contributed by atoms with Crippen LogP contribution >= 0.6 is 0 Å². The van der Waals surface area contributed by atoms with Crippen LogP contribution < -0.4 is 16.6 Å². The van der Waals surface area contributed by atoms with Crippen molar-refractivity contribution in [3.8, 4) is 0 Å². The molecular formula is C13H13NO2. The van der Waals surface area contributed by atoms with Gasteiger partial charge in [0.1, 0.15) is 0 Å².